The summed E-state index contributed by atoms with van der Waals surface area (Å²) in [5, 5.41) is -0.0109. The fraction of sp³-hybridized carbons (Fsp3) is 0.333. The van der Waals surface area contributed by atoms with E-state index < -0.39 is 10.0 Å². The monoisotopic (exact) mass is 296 g/mol. The van der Waals surface area contributed by atoms with E-state index in [4.69, 9.17) is 0 Å². The van der Waals surface area contributed by atoms with Crippen LogP contribution in [0.15, 0.2) is 34.3 Å². The minimum Gasteiger partial charge on any atom is -0.332 e. The zero-order valence-electron chi connectivity index (χ0n) is 11.3. The van der Waals surface area contributed by atoms with Crippen molar-refractivity contribution >= 4 is 15.7 Å². The SMILES string of the molecule is CCCn1cc(NS(=O)(=O)c2cnc(C)[nH]2)ccc1=O. The van der Waals surface area contributed by atoms with Crippen LogP contribution in [-0.2, 0) is 16.6 Å². The van der Waals surface area contributed by atoms with Crippen LogP contribution in [0.4, 0.5) is 5.69 Å². The number of H-pyrrole nitrogens is 1. The number of hydrogen-bond acceptors (Lipinski definition) is 4. The number of rotatable bonds is 5. The van der Waals surface area contributed by atoms with E-state index >= 15 is 0 Å². The first-order valence-corrected chi connectivity index (χ1v) is 7.65. The molecule has 0 aliphatic carbocycles. The van der Waals surface area contributed by atoms with Gasteiger partial charge in [0, 0.05) is 18.8 Å². The maximum absolute atomic E-state index is 12.1. The number of nitrogens with zero attached hydrogens (tertiary/aromatic N) is 2. The molecule has 2 heterocycles. The first kappa shape index (κ1) is 14.3. The molecular weight excluding hydrogens is 280 g/mol. The molecule has 0 spiro atoms. The molecule has 2 aromatic heterocycles. The predicted octanol–water partition coefficient (Wildman–Crippen LogP) is 1.09. The van der Waals surface area contributed by atoms with Gasteiger partial charge in [0.2, 0.25) is 0 Å². The van der Waals surface area contributed by atoms with E-state index in [0.29, 0.717) is 18.1 Å². The first-order chi connectivity index (χ1) is 9.42. The molecule has 2 rings (SSSR count). The highest BCUT2D eigenvalue weighted by molar-refractivity contribution is 7.92. The molecule has 0 aliphatic heterocycles. The zero-order chi connectivity index (χ0) is 14.8. The number of aromatic nitrogens is 3. The highest BCUT2D eigenvalue weighted by Gasteiger charge is 2.16. The van der Waals surface area contributed by atoms with E-state index in [1.807, 2.05) is 6.92 Å². The van der Waals surface area contributed by atoms with Crippen LogP contribution in [0, 0.1) is 6.92 Å². The Morgan fingerprint density at radius 2 is 2.15 bits per heavy atom. The molecule has 7 nitrogen and oxygen atoms in total. The van der Waals surface area contributed by atoms with Crippen molar-refractivity contribution in [1.29, 1.82) is 0 Å². The fourth-order valence-electron chi connectivity index (χ4n) is 1.75. The smallest absolute Gasteiger partial charge is 0.279 e. The second-order valence-electron chi connectivity index (χ2n) is 4.39. The van der Waals surface area contributed by atoms with Crippen molar-refractivity contribution in [1.82, 2.24) is 14.5 Å². The average molecular weight is 296 g/mol. The van der Waals surface area contributed by atoms with Crippen molar-refractivity contribution in [2.24, 2.45) is 0 Å². The number of imidazole rings is 1. The second kappa shape index (κ2) is 5.49. The lowest BCUT2D eigenvalue weighted by Crippen LogP contribution is -2.20. The number of nitrogens with one attached hydrogen (secondary N) is 2. The van der Waals surface area contributed by atoms with Gasteiger partial charge < -0.3 is 9.55 Å². The number of hydrogen-bond donors (Lipinski definition) is 2. The van der Waals surface area contributed by atoms with Crippen LogP contribution in [0.1, 0.15) is 19.2 Å². The van der Waals surface area contributed by atoms with Gasteiger partial charge in [0.05, 0.1) is 11.9 Å². The summed E-state index contributed by atoms with van der Waals surface area (Å²) in [7, 11) is -3.72. The van der Waals surface area contributed by atoms with Crippen LogP contribution < -0.4 is 10.3 Å². The molecule has 2 aromatic rings. The molecular formula is C12H16N4O3S. The molecule has 0 aliphatic rings. The van der Waals surface area contributed by atoms with Gasteiger partial charge in [-0.15, -0.1) is 0 Å². The van der Waals surface area contributed by atoms with Crippen molar-refractivity contribution in [3.05, 3.63) is 40.7 Å². The number of sulfonamides is 1. The Balaban J connectivity index is 2.30. The molecule has 0 saturated heterocycles. The Labute approximate surface area is 116 Å². The van der Waals surface area contributed by atoms with Gasteiger partial charge in [0.15, 0.2) is 5.03 Å². The average Bonchev–Trinajstić information content (AvgIpc) is 2.81. The van der Waals surface area contributed by atoms with Crippen molar-refractivity contribution < 1.29 is 8.42 Å². The third kappa shape index (κ3) is 3.08. The molecule has 0 unspecified atom stereocenters. The highest BCUT2D eigenvalue weighted by atomic mass is 32.2. The quantitative estimate of drug-likeness (QED) is 0.863. The molecule has 0 bridgehead atoms. The summed E-state index contributed by atoms with van der Waals surface area (Å²) in [6.07, 6.45) is 3.53. The molecule has 108 valence electrons. The zero-order valence-corrected chi connectivity index (χ0v) is 12.1. The van der Waals surface area contributed by atoms with Gasteiger partial charge in [0.1, 0.15) is 5.82 Å². The molecule has 0 aromatic carbocycles. The largest absolute Gasteiger partial charge is 0.332 e. The van der Waals surface area contributed by atoms with Crippen molar-refractivity contribution in [3.63, 3.8) is 0 Å². The van der Waals surface area contributed by atoms with Gasteiger partial charge in [0.25, 0.3) is 15.6 Å². The summed E-state index contributed by atoms with van der Waals surface area (Å²) >= 11 is 0. The number of aryl methyl sites for hydroxylation is 2. The predicted molar refractivity (Wildman–Crippen MR) is 75.1 cm³/mol. The van der Waals surface area contributed by atoms with E-state index in [-0.39, 0.29) is 10.6 Å². The van der Waals surface area contributed by atoms with Crippen LogP contribution >= 0.6 is 0 Å². The Morgan fingerprint density at radius 1 is 1.40 bits per heavy atom. The van der Waals surface area contributed by atoms with Crippen molar-refractivity contribution in [2.45, 2.75) is 31.8 Å². The van der Waals surface area contributed by atoms with Gasteiger partial charge >= 0.3 is 0 Å². The molecule has 8 heteroatoms. The van der Waals surface area contributed by atoms with Crippen LogP contribution in [0.3, 0.4) is 0 Å². The first-order valence-electron chi connectivity index (χ1n) is 6.17. The minimum atomic E-state index is -3.72. The van der Waals surface area contributed by atoms with Crippen molar-refractivity contribution in [2.75, 3.05) is 4.72 Å². The van der Waals surface area contributed by atoms with Crippen LogP contribution in [0.5, 0.6) is 0 Å². The summed E-state index contributed by atoms with van der Waals surface area (Å²) in [4.78, 5) is 18.1. The Kier molecular flexibility index (Phi) is 3.93. The molecule has 0 fully saturated rings. The van der Waals surface area contributed by atoms with E-state index in [1.165, 1.54) is 29.1 Å². The standard InChI is InChI=1S/C12H16N4O3S/c1-3-6-16-8-10(4-5-12(16)17)15-20(18,19)11-7-13-9(2)14-11/h4-5,7-8,15H,3,6H2,1-2H3,(H,13,14). The van der Waals surface area contributed by atoms with E-state index in [2.05, 4.69) is 14.7 Å². The Hall–Kier alpha value is -2.09. The topological polar surface area (TPSA) is 96.8 Å². The minimum absolute atomic E-state index is 0.0109. The molecule has 20 heavy (non-hydrogen) atoms. The van der Waals surface area contributed by atoms with Gasteiger partial charge in [-0.1, -0.05) is 6.92 Å². The third-order valence-electron chi connectivity index (χ3n) is 2.67. The maximum atomic E-state index is 12.1. The molecule has 0 radical (unpaired) electrons. The normalized spacial score (nSPS) is 11.5. The molecule has 0 amide bonds. The third-order valence-corrected chi connectivity index (χ3v) is 3.96. The molecule has 0 saturated carbocycles. The fourth-order valence-corrected chi connectivity index (χ4v) is 2.77. The second-order valence-corrected chi connectivity index (χ2v) is 6.04. The number of aromatic amines is 1. The highest BCUT2D eigenvalue weighted by Crippen LogP contribution is 2.13. The van der Waals surface area contributed by atoms with Gasteiger partial charge in [-0.05, 0) is 19.4 Å². The summed E-state index contributed by atoms with van der Waals surface area (Å²) in [5.74, 6) is 0.515. The summed E-state index contributed by atoms with van der Waals surface area (Å²) < 4.78 is 28.1. The van der Waals surface area contributed by atoms with Crippen LogP contribution in [-0.4, -0.2) is 23.0 Å². The lowest BCUT2D eigenvalue weighted by atomic mass is 10.4. The van der Waals surface area contributed by atoms with E-state index in [9.17, 15) is 13.2 Å². The Bertz CT molecular complexity index is 761. The lowest BCUT2D eigenvalue weighted by Gasteiger charge is -2.09. The van der Waals surface area contributed by atoms with Gasteiger partial charge in [-0.3, -0.25) is 9.52 Å². The number of pyridine rings is 1. The van der Waals surface area contributed by atoms with Crippen LogP contribution in [0.2, 0.25) is 0 Å². The van der Waals surface area contributed by atoms with Crippen molar-refractivity contribution in [3.8, 4) is 0 Å². The van der Waals surface area contributed by atoms with E-state index in [0.717, 1.165) is 6.42 Å². The van der Waals surface area contributed by atoms with Gasteiger partial charge in [-0.25, -0.2) is 4.98 Å². The summed E-state index contributed by atoms with van der Waals surface area (Å²) in [5.41, 5.74) is 0.178. The Morgan fingerprint density at radius 3 is 2.75 bits per heavy atom. The molecule has 2 N–H and O–H groups in total. The lowest BCUT2D eigenvalue weighted by molar-refractivity contribution is 0.597. The summed E-state index contributed by atoms with van der Waals surface area (Å²) in [6.45, 7) is 4.15. The number of anilines is 1. The molecule has 0 atom stereocenters. The van der Waals surface area contributed by atoms with Gasteiger partial charge in [-0.2, -0.15) is 8.42 Å². The maximum Gasteiger partial charge on any atom is 0.279 e. The van der Waals surface area contributed by atoms with Crippen LogP contribution in [0.25, 0.3) is 0 Å². The summed E-state index contributed by atoms with van der Waals surface area (Å²) in [6, 6.07) is 2.78. The van der Waals surface area contributed by atoms with E-state index in [1.54, 1.807) is 6.92 Å².